The highest BCUT2D eigenvalue weighted by atomic mass is 32.1. The third-order valence-electron chi connectivity index (χ3n) is 3.27. The largest absolute Gasteiger partial charge is 0.506 e. The highest BCUT2D eigenvalue weighted by Gasteiger charge is 2.41. The summed E-state index contributed by atoms with van der Waals surface area (Å²) in [6.07, 6.45) is -4.06. The Labute approximate surface area is 143 Å². The molecule has 3 aromatic heterocycles. The number of rotatable bonds is 3. The minimum atomic E-state index is -4.84. The number of hydrogen-bond acceptors (Lipinski definition) is 6. The van der Waals surface area contributed by atoms with Gasteiger partial charge in [0, 0.05) is 0 Å². The van der Waals surface area contributed by atoms with E-state index in [2.05, 4.69) is 14.8 Å². The smallest absolute Gasteiger partial charge is 0.434 e. The van der Waals surface area contributed by atoms with Gasteiger partial charge >= 0.3 is 12.1 Å². The number of alkyl halides is 3. The minimum absolute atomic E-state index is 0.0265. The van der Waals surface area contributed by atoms with Gasteiger partial charge in [-0.3, -0.25) is 0 Å². The molecule has 0 radical (unpaired) electrons. The van der Waals surface area contributed by atoms with Crippen molar-refractivity contribution < 1.29 is 27.8 Å². The van der Waals surface area contributed by atoms with Crippen molar-refractivity contribution in [1.82, 2.24) is 14.8 Å². The van der Waals surface area contributed by atoms with Crippen LogP contribution in [0, 0.1) is 0 Å². The van der Waals surface area contributed by atoms with E-state index in [0.29, 0.717) is 9.56 Å². The van der Waals surface area contributed by atoms with Gasteiger partial charge in [-0.15, -0.1) is 11.3 Å². The normalized spacial score (nSPS) is 11.5. The van der Waals surface area contributed by atoms with Gasteiger partial charge < -0.3 is 9.84 Å². The second-order valence-corrected chi connectivity index (χ2v) is 5.74. The Bertz CT molecular complexity index is 933. The molecule has 0 unspecified atom stereocenters. The van der Waals surface area contributed by atoms with Crippen molar-refractivity contribution in [2.24, 2.45) is 0 Å². The number of aromatic hydroxyl groups is 1. The van der Waals surface area contributed by atoms with Gasteiger partial charge in [0.25, 0.3) is 0 Å². The minimum Gasteiger partial charge on any atom is -0.506 e. The topological polar surface area (TPSA) is 77.2 Å². The van der Waals surface area contributed by atoms with Gasteiger partial charge in [0.05, 0.1) is 23.9 Å². The summed E-state index contributed by atoms with van der Waals surface area (Å²) >= 11 is 1.19. The fourth-order valence-corrected chi connectivity index (χ4v) is 2.97. The number of methoxy groups -OCH3 is 1. The maximum absolute atomic E-state index is 13.4. The molecule has 3 aromatic rings. The lowest BCUT2D eigenvalue weighted by Crippen LogP contribution is -2.18. The van der Waals surface area contributed by atoms with Crippen molar-refractivity contribution in [3.63, 3.8) is 0 Å². The molecule has 0 aromatic carbocycles. The zero-order valence-electron chi connectivity index (χ0n) is 12.6. The number of thiophene rings is 1. The van der Waals surface area contributed by atoms with E-state index in [1.165, 1.54) is 29.5 Å². The molecule has 0 bridgehead atoms. The average molecular weight is 369 g/mol. The summed E-state index contributed by atoms with van der Waals surface area (Å²) in [5.74, 6) is -1.32. The van der Waals surface area contributed by atoms with Crippen LogP contribution in [-0.4, -0.2) is 33.0 Å². The fraction of sp³-hybridized carbons (Fsp3) is 0.133. The van der Waals surface area contributed by atoms with Crippen molar-refractivity contribution in [3.05, 3.63) is 47.1 Å². The number of aromatic nitrogens is 3. The molecule has 0 spiro atoms. The van der Waals surface area contributed by atoms with Gasteiger partial charge in [0.1, 0.15) is 11.3 Å². The second-order valence-electron chi connectivity index (χ2n) is 4.82. The van der Waals surface area contributed by atoms with E-state index in [1.807, 2.05) is 0 Å². The molecule has 0 aliphatic heterocycles. The van der Waals surface area contributed by atoms with Gasteiger partial charge in [-0.25, -0.2) is 14.5 Å². The molecule has 0 atom stereocenters. The van der Waals surface area contributed by atoms with Crippen LogP contribution in [-0.2, 0) is 10.9 Å². The average Bonchev–Trinajstić information content (AvgIpc) is 3.20. The summed E-state index contributed by atoms with van der Waals surface area (Å²) in [5, 5.41) is 15.0. The molecule has 0 aliphatic rings. The predicted molar refractivity (Wildman–Crippen MR) is 82.7 cm³/mol. The van der Waals surface area contributed by atoms with Gasteiger partial charge in [0.2, 0.25) is 0 Å². The Morgan fingerprint density at radius 2 is 2.08 bits per heavy atom. The van der Waals surface area contributed by atoms with Crippen LogP contribution in [0.4, 0.5) is 13.2 Å². The Morgan fingerprint density at radius 1 is 1.32 bits per heavy atom. The Morgan fingerprint density at radius 3 is 2.68 bits per heavy atom. The Hall–Kier alpha value is -2.88. The molecule has 130 valence electrons. The molecular formula is C15H10F3N3O3S. The van der Waals surface area contributed by atoms with Crippen LogP contribution in [0.3, 0.4) is 0 Å². The third-order valence-corrected chi connectivity index (χ3v) is 4.20. The first kappa shape index (κ1) is 17.0. The van der Waals surface area contributed by atoms with Crippen LogP contribution in [0.15, 0.2) is 35.8 Å². The Balaban J connectivity index is 2.16. The highest BCUT2D eigenvalue weighted by molar-refractivity contribution is 7.13. The summed E-state index contributed by atoms with van der Waals surface area (Å²) in [7, 11) is 0.984. The van der Waals surface area contributed by atoms with Crippen molar-refractivity contribution in [3.8, 4) is 22.1 Å². The van der Waals surface area contributed by atoms with E-state index in [1.54, 1.807) is 11.4 Å². The molecule has 0 aliphatic carbocycles. The summed E-state index contributed by atoms with van der Waals surface area (Å²) in [6.45, 7) is 0. The summed E-state index contributed by atoms with van der Waals surface area (Å²) < 4.78 is 45.2. The van der Waals surface area contributed by atoms with E-state index in [-0.39, 0.29) is 17.3 Å². The highest BCUT2D eigenvalue weighted by Crippen LogP contribution is 2.36. The van der Waals surface area contributed by atoms with E-state index in [9.17, 15) is 23.1 Å². The van der Waals surface area contributed by atoms with Crippen LogP contribution in [0.25, 0.3) is 16.4 Å². The first-order chi connectivity index (χ1) is 11.8. The molecule has 0 amide bonds. The summed E-state index contributed by atoms with van der Waals surface area (Å²) in [5.41, 5.74) is -1.70. The molecule has 0 saturated heterocycles. The molecule has 0 saturated carbocycles. The van der Waals surface area contributed by atoms with E-state index >= 15 is 0 Å². The molecule has 0 fully saturated rings. The van der Waals surface area contributed by atoms with Crippen LogP contribution < -0.4 is 0 Å². The molecule has 6 nitrogen and oxygen atoms in total. The number of ether oxygens (including phenoxy) is 1. The number of pyridine rings is 1. The van der Waals surface area contributed by atoms with Crippen molar-refractivity contribution in [1.29, 1.82) is 0 Å². The van der Waals surface area contributed by atoms with Gasteiger partial charge in [-0.1, -0.05) is 6.07 Å². The number of nitrogens with zero attached hydrogens (tertiary/aromatic N) is 3. The number of carbonyl (C=O) groups is 1. The molecule has 3 rings (SSSR count). The number of carbonyl (C=O) groups excluding carboxylic acids is 1. The maximum atomic E-state index is 13.4. The number of hydrogen-bond donors (Lipinski definition) is 1. The first-order valence-corrected chi connectivity index (χ1v) is 7.68. The number of esters is 1. The molecular weight excluding hydrogens is 359 g/mol. The predicted octanol–water partition coefficient (Wildman–Crippen LogP) is 3.51. The van der Waals surface area contributed by atoms with Crippen LogP contribution in [0.2, 0.25) is 0 Å². The standard InChI is InChI=1S/C15H10F3N3O3S/c1-24-14(23)8-7-19-21(13(8)15(16,17)18)11-4-2-3-9(20-11)12-10(22)5-6-25-12/h2-7,22H,1H3. The number of halogens is 3. The third kappa shape index (κ3) is 3.07. The first-order valence-electron chi connectivity index (χ1n) is 6.80. The fourth-order valence-electron chi connectivity index (χ4n) is 2.22. The van der Waals surface area contributed by atoms with Crippen LogP contribution >= 0.6 is 11.3 Å². The Kier molecular flexibility index (Phi) is 4.21. The maximum Gasteiger partial charge on any atom is 0.434 e. The second kappa shape index (κ2) is 6.20. The molecule has 25 heavy (non-hydrogen) atoms. The lowest BCUT2D eigenvalue weighted by Gasteiger charge is -2.12. The van der Waals surface area contributed by atoms with E-state index in [4.69, 9.17) is 0 Å². The van der Waals surface area contributed by atoms with Gasteiger partial charge in [-0.2, -0.15) is 18.3 Å². The van der Waals surface area contributed by atoms with E-state index < -0.39 is 23.4 Å². The van der Waals surface area contributed by atoms with Crippen molar-refractivity contribution in [2.45, 2.75) is 6.18 Å². The SMILES string of the molecule is COC(=O)c1cnn(-c2cccc(-c3sccc3O)n2)c1C(F)(F)F. The van der Waals surface area contributed by atoms with Crippen molar-refractivity contribution >= 4 is 17.3 Å². The summed E-state index contributed by atoms with van der Waals surface area (Å²) in [4.78, 5) is 16.1. The quantitative estimate of drug-likeness (QED) is 0.715. The van der Waals surface area contributed by atoms with Crippen LogP contribution in [0.5, 0.6) is 5.75 Å². The lowest BCUT2D eigenvalue weighted by atomic mass is 10.2. The lowest BCUT2D eigenvalue weighted by molar-refractivity contribution is -0.143. The zero-order chi connectivity index (χ0) is 18.2. The van der Waals surface area contributed by atoms with Gasteiger partial charge in [-0.05, 0) is 23.6 Å². The van der Waals surface area contributed by atoms with Crippen LogP contribution in [0.1, 0.15) is 16.1 Å². The van der Waals surface area contributed by atoms with Crippen molar-refractivity contribution in [2.75, 3.05) is 7.11 Å². The molecule has 1 N–H and O–H groups in total. The van der Waals surface area contributed by atoms with Gasteiger partial charge in [0.15, 0.2) is 11.5 Å². The summed E-state index contributed by atoms with van der Waals surface area (Å²) in [6, 6.07) is 5.81. The monoisotopic (exact) mass is 369 g/mol. The van der Waals surface area contributed by atoms with E-state index in [0.717, 1.165) is 13.3 Å². The molecule has 10 heteroatoms. The zero-order valence-corrected chi connectivity index (χ0v) is 13.4. The molecule has 3 heterocycles.